The zero-order chi connectivity index (χ0) is 8.27. The number of ether oxygens (including phenoxy) is 1. The zero-order valence-corrected chi connectivity index (χ0v) is 5.87. The Morgan fingerprint density at radius 3 is 3.09 bits per heavy atom. The van der Waals surface area contributed by atoms with E-state index in [0.29, 0.717) is 0 Å². The predicted molar refractivity (Wildman–Crippen MR) is 37.7 cm³/mol. The van der Waals surface area contributed by atoms with Crippen LogP contribution in [0, 0.1) is 0 Å². The Morgan fingerprint density at radius 2 is 2.55 bits per heavy atom. The number of carbonyl (C=O) groups excluding carboxylic acids is 1. The van der Waals surface area contributed by atoms with Crippen LogP contribution < -0.4 is 0 Å². The second-order valence-electron chi connectivity index (χ2n) is 1.95. The van der Waals surface area contributed by atoms with Crippen LogP contribution in [0.5, 0.6) is 0 Å². The molecule has 0 aromatic carbocycles. The first-order valence-corrected chi connectivity index (χ1v) is 2.96. The summed E-state index contributed by atoms with van der Waals surface area (Å²) in [4.78, 5) is 13.7. The van der Waals surface area contributed by atoms with E-state index in [9.17, 15) is 9.18 Å². The lowest BCUT2D eigenvalue weighted by Crippen LogP contribution is -2.13. The fraction of sp³-hybridized carbons (Fsp3) is 0.286. The highest BCUT2D eigenvalue weighted by atomic mass is 19.1. The van der Waals surface area contributed by atoms with Gasteiger partial charge in [-0.15, -0.1) is 0 Å². The fourth-order valence-corrected chi connectivity index (χ4v) is 0.744. The van der Waals surface area contributed by atoms with Crippen molar-refractivity contribution in [3.8, 4) is 0 Å². The molecule has 58 valence electrons. The third-order valence-corrected chi connectivity index (χ3v) is 1.23. The molecule has 0 aliphatic carbocycles. The van der Waals surface area contributed by atoms with E-state index in [4.69, 9.17) is 4.74 Å². The molecular formula is C7H6FNO2. The van der Waals surface area contributed by atoms with Crippen molar-refractivity contribution in [3.05, 3.63) is 17.5 Å². The molecule has 1 aliphatic heterocycles. The first kappa shape index (κ1) is 7.85. The minimum Gasteiger partial charge on any atom is -0.355 e. The summed E-state index contributed by atoms with van der Waals surface area (Å²) in [5.41, 5.74) is 0.0764. The van der Waals surface area contributed by atoms with Gasteiger partial charge in [-0.2, -0.15) is 0 Å². The molecule has 0 N–H and O–H groups in total. The van der Waals surface area contributed by atoms with Gasteiger partial charge in [0.2, 0.25) is 0 Å². The lowest BCUT2D eigenvalue weighted by Gasteiger charge is -2.10. The number of methoxy groups -OCH3 is 1. The second-order valence-corrected chi connectivity index (χ2v) is 1.95. The molecular weight excluding hydrogens is 149 g/mol. The van der Waals surface area contributed by atoms with Crippen LogP contribution in [0.4, 0.5) is 4.39 Å². The maximum absolute atomic E-state index is 12.4. The Hall–Kier alpha value is -1.25. The van der Waals surface area contributed by atoms with Crippen molar-refractivity contribution < 1.29 is 13.9 Å². The molecule has 0 spiro atoms. The normalized spacial score (nSPS) is 22.9. The van der Waals surface area contributed by atoms with Gasteiger partial charge in [-0.3, -0.25) is 4.99 Å². The molecule has 1 atom stereocenters. The molecule has 11 heavy (non-hydrogen) atoms. The average molecular weight is 155 g/mol. The van der Waals surface area contributed by atoms with Crippen molar-refractivity contribution >= 4 is 12.2 Å². The predicted octanol–water partition coefficient (Wildman–Crippen LogP) is 0.655. The second kappa shape index (κ2) is 3.23. The van der Waals surface area contributed by atoms with Gasteiger partial charge in [-0.1, -0.05) is 0 Å². The SMILES string of the molecule is COC1N=CC(F)=CC1=C=O. The van der Waals surface area contributed by atoms with Crippen LogP contribution >= 0.6 is 0 Å². The zero-order valence-electron chi connectivity index (χ0n) is 5.87. The minimum atomic E-state index is -0.702. The van der Waals surface area contributed by atoms with E-state index in [1.54, 1.807) is 5.94 Å². The topological polar surface area (TPSA) is 38.7 Å². The van der Waals surface area contributed by atoms with Gasteiger partial charge in [-0.05, 0) is 6.08 Å². The van der Waals surface area contributed by atoms with Crippen LogP contribution in [0.2, 0.25) is 0 Å². The molecule has 1 unspecified atom stereocenters. The molecule has 0 amide bonds. The standard InChI is InChI=1S/C7H6FNO2/c1-11-7-5(4-10)2-6(8)3-9-7/h2-3,7H,1H3. The molecule has 0 radical (unpaired) electrons. The highest BCUT2D eigenvalue weighted by Gasteiger charge is 2.15. The van der Waals surface area contributed by atoms with Gasteiger partial charge in [0.15, 0.2) is 6.23 Å². The molecule has 4 heteroatoms. The van der Waals surface area contributed by atoms with Gasteiger partial charge in [0.25, 0.3) is 0 Å². The van der Waals surface area contributed by atoms with E-state index in [1.807, 2.05) is 0 Å². The lowest BCUT2D eigenvalue weighted by molar-refractivity contribution is 0.142. The minimum absolute atomic E-state index is 0.0764. The molecule has 0 aromatic heterocycles. The molecule has 0 fully saturated rings. The monoisotopic (exact) mass is 155 g/mol. The molecule has 1 heterocycles. The summed E-state index contributed by atoms with van der Waals surface area (Å²) in [7, 11) is 1.39. The third-order valence-electron chi connectivity index (χ3n) is 1.23. The number of rotatable bonds is 1. The average Bonchev–Trinajstić information content (AvgIpc) is 2.04. The molecule has 1 rings (SSSR count). The number of halogens is 1. The maximum atomic E-state index is 12.4. The van der Waals surface area contributed by atoms with Crippen molar-refractivity contribution in [2.45, 2.75) is 6.23 Å². The number of nitrogens with zero attached hydrogens (tertiary/aromatic N) is 1. The molecule has 0 saturated carbocycles. The van der Waals surface area contributed by atoms with Crippen molar-refractivity contribution in [2.24, 2.45) is 4.99 Å². The third kappa shape index (κ3) is 1.61. The van der Waals surface area contributed by atoms with Crippen molar-refractivity contribution in [1.29, 1.82) is 0 Å². The van der Waals surface area contributed by atoms with Gasteiger partial charge in [-0.25, -0.2) is 9.18 Å². The Kier molecular flexibility index (Phi) is 2.31. The number of hydrogen-bond acceptors (Lipinski definition) is 3. The Morgan fingerprint density at radius 1 is 1.82 bits per heavy atom. The van der Waals surface area contributed by atoms with Gasteiger partial charge in [0.05, 0.1) is 11.8 Å². The van der Waals surface area contributed by atoms with E-state index >= 15 is 0 Å². The Balaban J connectivity index is 2.93. The molecule has 0 aromatic rings. The van der Waals surface area contributed by atoms with E-state index in [1.165, 1.54) is 7.11 Å². The van der Waals surface area contributed by atoms with E-state index < -0.39 is 12.1 Å². The van der Waals surface area contributed by atoms with Crippen LogP contribution in [0.3, 0.4) is 0 Å². The van der Waals surface area contributed by atoms with Crippen LogP contribution in [0.1, 0.15) is 0 Å². The summed E-state index contributed by atoms with van der Waals surface area (Å²) in [5, 5.41) is 0. The first-order chi connectivity index (χ1) is 5.27. The summed E-state index contributed by atoms with van der Waals surface area (Å²) in [6.45, 7) is 0. The quantitative estimate of drug-likeness (QED) is 0.521. The number of dihydropyridines is 1. The summed E-state index contributed by atoms with van der Waals surface area (Å²) in [6.07, 6.45) is 1.36. The number of hydrogen-bond donors (Lipinski definition) is 0. The summed E-state index contributed by atoms with van der Waals surface area (Å²) < 4.78 is 17.1. The maximum Gasteiger partial charge on any atom is 0.184 e. The molecule has 1 aliphatic rings. The summed E-state index contributed by atoms with van der Waals surface area (Å²) in [5.74, 6) is 0.988. The van der Waals surface area contributed by atoms with Crippen LogP contribution in [0.15, 0.2) is 22.5 Å². The smallest absolute Gasteiger partial charge is 0.184 e. The van der Waals surface area contributed by atoms with E-state index in [0.717, 1.165) is 12.3 Å². The van der Waals surface area contributed by atoms with Crippen molar-refractivity contribution in [1.82, 2.24) is 0 Å². The Labute approximate surface area is 62.9 Å². The van der Waals surface area contributed by atoms with Crippen molar-refractivity contribution in [2.75, 3.05) is 7.11 Å². The van der Waals surface area contributed by atoms with Gasteiger partial charge in [0, 0.05) is 7.11 Å². The van der Waals surface area contributed by atoms with Crippen LogP contribution in [-0.2, 0) is 9.53 Å². The first-order valence-electron chi connectivity index (χ1n) is 2.96. The number of allylic oxidation sites excluding steroid dienone is 1. The molecule has 0 saturated heterocycles. The Bertz CT molecular complexity index is 264. The van der Waals surface area contributed by atoms with Crippen molar-refractivity contribution in [3.63, 3.8) is 0 Å². The molecule has 0 bridgehead atoms. The van der Waals surface area contributed by atoms with Crippen LogP contribution in [0.25, 0.3) is 0 Å². The summed E-state index contributed by atoms with van der Waals surface area (Å²) in [6, 6.07) is 0. The van der Waals surface area contributed by atoms with E-state index in [2.05, 4.69) is 4.99 Å². The fourth-order valence-electron chi connectivity index (χ4n) is 0.744. The lowest BCUT2D eigenvalue weighted by atomic mass is 10.2. The van der Waals surface area contributed by atoms with Gasteiger partial charge >= 0.3 is 0 Å². The summed E-state index contributed by atoms with van der Waals surface area (Å²) >= 11 is 0. The molecule has 3 nitrogen and oxygen atoms in total. The van der Waals surface area contributed by atoms with E-state index in [-0.39, 0.29) is 5.57 Å². The van der Waals surface area contributed by atoms with Gasteiger partial charge < -0.3 is 4.74 Å². The highest BCUT2D eigenvalue weighted by Crippen LogP contribution is 2.13. The van der Waals surface area contributed by atoms with Crippen LogP contribution in [-0.4, -0.2) is 25.5 Å². The largest absolute Gasteiger partial charge is 0.355 e. The van der Waals surface area contributed by atoms with Gasteiger partial charge in [0.1, 0.15) is 11.8 Å². The number of aliphatic imine (C=N–C) groups is 1. The highest BCUT2D eigenvalue weighted by molar-refractivity contribution is 5.80.